The Morgan fingerprint density at radius 1 is 1.23 bits per heavy atom. The van der Waals surface area contributed by atoms with Crippen molar-refractivity contribution in [1.82, 2.24) is 19.6 Å². The molecular weight excluding hydrogens is 412 g/mol. The molecule has 0 amide bonds. The summed E-state index contributed by atoms with van der Waals surface area (Å²) in [6.45, 7) is 6.32. The van der Waals surface area contributed by atoms with Crippen molar-refractivity contribution in [3.63, 3.8) is 0 Å². The highest BCUT2D eigenvalue weighted by Gasteiger charge is 2.34. The van der Waals surface area contributed by atoms with Gasteiger partial charge >= 0.3 is 5.97 Å². The monoisotopic (exact) mass is 442 g/mol. The molecule has 10 nitrogen and oxygen atoms in total. The first kappa shape index (κ1) is 22.9. The van der Waals surface area contributed by atoms with Crippen LogP contribution in [0.25, 0.3) is 0 Å². The van der Waals surface area contributed by atoms with E-state index in [1.54, 1.807) is 6.92 Å². The maximum Gasteiger partial charge on any atom is 0.339 e. The summed E-state index contributed by atoms with van der Waals surface area (Å²) in [6, 6.07) is 4.15. The molecule has 30 heavy (non-hydrogen) atoms. The van der Waals surface area contributed by atoms with Gasteiger partial charge in [0.05, 0.1) is 11.5 Å². The number of sulfonamides is 1. The van der Waals surface area contributed by atoms with Crippen molar-refractivity contribution >= 4 is 16.0 Å². The van der Waals surface area contributed by atoms with Crippen LogP contribution < -0.4 is 10.1 Å². The SMILES string of the molecule is CCOc1ccc(S(=O)(=O)N2CCN(N3CCNCC3CCO)CC2)cc1C(=O)O. The Bertz CT molecular complexity index is 839. The number of piperazine rings is 2. The predicted octanol–water partition coefficient (Wildman–Crippen LogP) is -0.339. The van der Waals surface area contributed by atoms with E-state index in [0.29, 0.717) is 32.6 Å². The van der Waals surface area contributed by atoms with Crippen molar-refractivity contribution in [3.8, 4) is 5.75 Å². The third kappa shape index (κ3) is 4.93. The van der Waals surface area contributed by atoms with E-state index >= 15 is 0 Å². The van der Waals surface area contributed by atoms with Crippen LogP contribution in [0, 0.1) is 0 Å². The zero-order valence-corrected chi connectivity index (χ0v) is 18.0. The Labute approximate surface area is 177 Å². The Balaban J connectivity index is 1.71. The maximum atomic E-state index is 13.1. The van der Waals surface area contributed by atoms with Crippen molar-refractivity contribution in [2.75, 3.05) is 59.0 Å². The molecule has 2 fully saturated rings. The number of carboxylic acid groups (broad SMARTS) is 1. The van der Waals surface area contributed by atoms with E-state index in [0.717, 1.165) is 19.6 Å². The summed E-state index contributed by atoms with van der Waals surface area (Å²) in [4.78, 5) is 11.5. The minimum Gasteiger partial charge on any atom is -0.493 e. The molecule has 0 aromatic heterocycles. The number of carboxylic acids is 1. The molecule has 2 aliphatic rings. The molecule has 2 saturated heterocycles. The van der Waals surface area contributed by atoms with Crippen LogP contribution in [-0.2, 0) is 10.0 Å². The van der Waals surface area contributed by atoms with E-state index in [1.807, 2.05) is 0 Å². The number of benzene rings is 1. The second-order valence-electron chi connectivity index (χ2n) is 7.29. The molecule has 2 heterocycles. The maximum absolute atomic E-state index is 13.1. The molecule has 0 saturated carbocycles. The second-order valence-corrected chi connectivity index (χ2v) is 9.23. The first-order valence-corrected chi connectivity index (χ1v) is 11.7. The molecule has 1 unspecified atom stereocenters. The highest BCUT2D eigenvalue weighted by atomic mass is 32.2. The molecule has 0 bridgehead atoms. The van der Waals surface area contributed by atoms with Crippen LogP contribution in [0.3, 0.4) is 0 Å². The molecule has 11 heteroatoms. The number of nitrogens with zero attached hydrogens (tertiary/aromatic N) is 3. The fourth-order valence-corrected chi connectivity index (χ4v) is 5.41. The zero-order valence-electron chi connectivity index (χ0n) is 17.2. The summed E-state index contributed by atoms with van der Waals surface area (Å²) in [7, 11) is -3.81. The average molecular weight is 443 g/mol. The van der Waals surface area contributed by atoms with Crippen LogP contribution in [0.1, 0.15) is 23.7 Å². The number of ether oxygens (including phenoxy) is 1. The molecule has 2 aliphatic heterocycles. The Kier molecular flexibility index (Phi) is 7.66. The number of aromatic carboxylic acids is 1. The van der Waals surface area contributed by atoms with Gasteiger partial charge in [-0.3, -0.25) is 0 Å². The number of carbonyl (C=O) groups is 1. The molecule has 0 radical (unpaired) electrons. The van der Waals surface area contributed by atoms with Gasteiger partial charge in [-0.25, -0.2) is 23.2 Å². The lowest BCUT2D eigenvalue weighted by molar-refractivity contribution is -0.0913. The smallest absolute Gasteiger partial charge is 0.339 e. The Morgan fingerprint density at radius 2 is 1.97 bits per heavy atom. The number of aliphatic hydroxyl groups excluding tert-OH is 1. The summed E-state index contributed by atoms with van der Waals surface area (Å²) < 4.78 is 32.9. The van der Waals surface area contributed by atoms with Gasteiger partial charge in [-0.15, -0.1) is 0 Å². The second kappa shape index (κ2) is 10.0. The van der Waals surface area contributed by atoms with Gasteiger partial charge in [0.25, 0.3) is 0 Å². The Morgan fingerprint density at radius 3 is 2.60 bits per heavy atom. The van der Waals surface area contributed by atoms with E-state index in [2.05, 4.69) is 15.3 Å². The van der Waals surface area contributed by atoms with Crippen molar-refractivity contribution in [3.05, 3.63) is 23.8 Å². The first-order chi connectivity index (χ1) is 14.4. The average Bonchev–Trinajstić information content (AvgIpc) is 2.75. The molecule has 3 rings (SSSR count). The quantitative estimate of drug-likeness (QED) is 0.496. The van der Waals surface area contributed by atoms with E-state index < -0.39 is 16.0 Å². The topological polar surface area (TPSA) is 123 Å². The van der Waals surface area contributed by atoms with Gasteiger partial charge in [-0.1, -0.05) is 0 Å². The molecule has 1 atom stereocenters. The summed E-state index contributed by atoms with van der Waals surface area (Å²) in [5.41, 5.74) is -0.163. The van der Waals surface area contributed by atoms with Gasteiger partial charge in [0, 0.05) is 58.5 Å². The molecule has 1 aromatic carbocycles. The third-order valence-electron chi connectivity index (χ3n) is 5.48. The van der Waals surface area contributed by atoms with Crippen LogP contribution in [0.4, 0.5) is 0 Å². The van der Waals surface area contributed by atoms with Gasteiger partial charge in [-0.2, -0.15) is 4.31 Å². The summed E-state index contributed by atoms with van der Waals surface area (Å²) in [5.74, 6) is -1.07. The fraction of sp³-hybridized carbons (Fsp3) is 0.632. The molecule has 168 valence electrons. The molecular formula is C19H30N4O6S. The largest absolute Gasteiger partial charge is 0.493 e. The number of hydrazine groups is 1. The van der Waals surface area contributed by atoms with Crippen LogP contribution in [0.15, 0.2) is 23.1 Å². The van der Waals surface area contributed by atoms with Crippen LogP contribution in [-0.4, -0.2) is 104 Å². The van der Waals surface area contributed by atoms with Crippen molar-refractivity contribution in [2.45, 2.75) is 24.3 Å². The molecule has 0 aliphatic carbocycles. The summed E-state index contributed by atoms with van der Waals surface area (Å²) in [5, 5.41) is 26.4. The first-order valence-electron chi connectivity index (χ1n) is 10.2. The number of aliphatic hydroxyl groups is 1. The van der Waals surface area contributed by atoms with E-state index in [1.165, 1.54) is 22.5 Å². The lowest BCUT2D eigenvalue weighted by atomic mass is 10.1. The lowest BCUT2D eigenvalue weighted by Crippen LogP contribution is -2.62. The number of nitrogens with one attached hydrogen (secondary N) is 1. The molecule has 0 spiro atoms. The van der Waals surface area contributed by atoms with Crippen LogP contribution in [0.2, 0.25) is 0 Å². The number of hydrogen-bond donors (Lipinski definition) is 3. The third-order valence-corrected chi connectivity index (χ3v) is 7.37. The van der Waals surface area contributed by atoms with Crippen molar-refractivity contribution in [1.29, 1.82) is 0 Å². The van der Waals surface area contributed by atoms with Gasteiger partial charge in [0.2, 0.25) is 10.0 Å². The van der Waals surface area contributed by atoms with Crippen LogP contribution >= 0.6 is 0 Å². The zero-order chi connectivity index (χ0) is 21.7. The fourth-order valence-electron chi connectivity index (χ4n) is 3.96. The highest BCUT2D eigenvalue weighted by molar-refractivity contribution is 7.89. The highest BCUT2D eigenvalue weighted by Crippen LogP contribution is 2.26. The van der Waals surface area contributed by atoms with E-state index in [4.69, 9.17) is 4.74 Å². The van der Waals surface area contributed by atoms with Gasteiger partial charge in [0.1, 0.15) is 11.3 Å². The van der Waals surface area contributed by atoms with Crippen LogP contribution in [0.5, 0.6) is 5.75 Å². The predicted molar refractivity (Wildman–Crippen MR) is 110 cm³/mol. The van der Waals surface area contributed by atoms with E-state index in [-0.39, 0.29) is 35.5 Å². The minimum atomic E-state index is -3.81. The van der Waals surface area contributed by atoms with Gasteiger partial charge < -0.3 is 20.3 Å². The minimum absolute atomic E-state index is 0.0443. The van der Waals surface area contributed by atoms with Gasteiger partial charge in [0.15, 0.2) is 0 Å². The Hall–Kier alpha value is -1.76. The van der Waals surface area contributed by atoms with Gasteiger partial charge in [-0.05, 0) is 31.5 Å². The molecule has 3 N–H and O–H groups in total. The summed E-state index contributed by atoms with van der Waals surface area (Å²) >= 11 is 0. The normalized spacial score (nSPS) is 22.1. The van der Waals surface area contributed by atoms with E-state index in [9.17, 15) is 23.4 Å². The van der Waals surface area contributed by atoms with Crippen molar-refractivity contribution < 1.29 is 28.2 Å². The standard InChI is InChI=1S/C19H30N4O6S/c1-2-29-18-4-3-16(13-17(18)19(25)26)30(27,28)22-10-8-21(9-11-22)23-7-6-20-14-15(23)5-12-24/h3-4,13,15,20,24H,2,5-12,14H2,1H3,(H,25,26). The lowest BCUT2D eigenvalue weighted by Gasteiger charge is -2.46. The summed E-state index contributed by atoms with van der Waals surface area (Å²) in [6.07, 6.45) is 0.662. The van der Waals surface area contributed by atoms with Crippen molar-refractivity contribution in [2.24, 2.45) is 0 Å². The number of hydrogen-bond acceptors (Lipinski definition) is 8. The number of rotatable bonds is 8. The molecule has 1 aromatic rings.